The molecule has 3 aliphatic rings. The van der Waals surface area contributed by atoms with Crippen molar-refractivity contribution >= 4 is 11.7 Å². The molecule has 106 valence electrons. The van der Waals surface area contributed by atoms with Crippen LogP contribution in [0, 0.1) is 11.8 Å². The van der Waals surface area contributed by atoms with E-state index in [1.165, 1.54) is 32.1 Å². The molecule has 1 saturated heterocycles. The van der Waals surface area contributed by atoms with Crippen molar-refractivity contribution in [3.05, 3.63) is 18.2 Å². The Bertz CT molecular complexity index is 499. The minimum Gasteiger partial charge on any atom is -0.324 e. The van der Waals surface area contributed by atoms with Gasteiger partial charge in [-0.1, -0.05) is 6.42 Å². The standard InChI is InChI=1S/C15H20N4O/c20-15(19-8-11-2-1-3-12(11)9-19)18-13-6-16-14(17-7-13)10-4-5-10/h6-7,10-12H,1-5,8-9H2,(H,18,20). The number of fused-ring (bicyclic) bond motifs is 1. The first-order chi connectivity index (χ1) is 9.79. The molecule has 2 atom stereocenters. The maximum Gasteiger partial charge on any atom is 0.321 e. The normalized spacial score (nSPS) is 28.5. The molecule has 1 aromatic rings. The Morgan fingerprint density at radius 1 is 1.10 bits per heavy atom. The molecule has 20 heavy (non-hydrogen) atoms. The fraction of sp³-hybridized carbons (Fsp3) is 0.667. The Balaban J connectivity index is 1.37. The highest BCUT2D eigenvalue weighted by Crippen LogP contribution is 2.38. The van der Waals surface area contributed by atoms with Gasteiger partial charge in [0.05, 0.1) is 18.1 Å². The summed E-state index contributed by atoms with van der Waals surface area (Å²) in [5, 5.41) is 2.92. The molecule has 1 aromatic heterocycles. The number of carbonyl (C=O) groups excluding carboxylic acids is 1. The molecule has 2 saturated carbocycles. The Morgan fingerprint density at radius 3 is 2.35 bits per heavy atom. The summed E-state index contributed by atoms with van der Waals surface area (Å²) < 4.78 is 0. The lowest BCUT2D eigenvalue weighted by Gasteiger charge is -2.17. The number of likely N-dealkylation sites (tertiary alicyclic amines) is 1. The molecule has 0 aromatic carbocycles. The predicted octanol–water partition coefficient (Wildman–Crippen LogP) is 2.62. The van der Waals surface area contributed by atoms with E-state index in [4.69, 9.17) is 0 Å². The Labute approximate surface area is 118 Å². The fourth-order valence-electron chi connectivity index (χ4n) is 3.56. The maximum atomic E-state index is 12.2. The quantitative estimate of drug-likeness (QED) is 0.900. The lowest BCUT2D eigenvalue weighted by Crippen LogP contribution is -2.33. The molecule has 1 aliphatic heterocycles. The number of rotatable bonds is 2. The fourth-order valence-corrected chi connectivity index (χ4v) is 3.56. The van der Waals surface area contributed by atoms with Crippen LogP contribution in [0.15, 0.2) is 12.4 Å². The predicted molar refractivity (Wildman–Crippen MR) is 75.4 cm³/mol. The zero-order valence-electron chi connectivity index (χ0n) is 11.6. The molecule has 1 N–H and O–H groups in total. The average Bonchev–Trinajstić information content (AvgIpc) is 3.07. The minimum atomic E-state index is 0.00201. The second-order valence-corrected chi connectivity index (χ2v) is 6.39. The molecule has 3 fully saturated rings. The van der Waals surface area contributed by atoms with Crippen molar-refractivity contribution in [2.45, 2.75) is 38.0 Å². The summed E-state index contributed by atoms with van der Waals surface area (Å²) in [6.07, 6.45) is 9.76. The number of urea groups is 1. The lowest BCUT2D eigenvalue weighted by molar-refractivity contribution is 0.219. The van der Waals surface area contributed by atoms with E-state index in [2.05, 4.69) is 15.3 Å². The summed E-state index contributed by atoms with van der Waals surface area (Å²) in [7, 11) is 0. The zero-order chi connectivity index (χ0) is 13.5. The van der Waals surface area contributed by atoms with E-state index < -0.39 is 0 Å². The van der Waals surface area contributed by atoms with Crippen LogP contribution in [0.25, 0.3) is 0 Å². The number of nitrogens with one attached hydrogen (secondary N) is 1. The SMILES string of the molecule is O=C(Nc1cnc(C2CC2)nc1)N1CC2CCCC2C1. The minimum absolute atomic E-state index is 0.00201. The first-order valence-electron chi connectivity index (χ1n) is 7.67. The highest BCUT2D eigenvalue weighted by atomic mass is 16.2. The summed E-state index contributed by atoms with van der Waals surface area (Å²) in [6.45, 7) is 1.83. The van der Waals surface area contributed by atoms with Crippen LogP contribution in [0.4, 0.5) is 10.5 Å². The Hall–Kier alpha value is -1.65. The smallest absolute Gasteiger partial charge is 0.321 e. The van der Waals surface area contributed by atoms with Gasteiger partial charge < -0.3 is 10.2 Å². The van der Waals surface area contributed by atoms with Gasteiger partial charge in [0.15, 0.2) is 0 Å². The topological polar surface area (TPSA) is 58.1 Å². The molecule has 0 bridgehead atoms. The lowest BCUT2D eigenvalue weighted by atomic mass is 10.0. The van der Waals surface area contributed by atoms with E-state index in [9.17, 15) is 4.79 Å². The van der Waals surface area contributed by atoms with Crippen LogP contribution in [0.1, 0.15) is 43.8 Å². The number of hydrogen-bond donors (Lipinski definition) is 1. The monoisotopic (exact) mass is 272 g/mol. The number of nitrogens with zero attached hydrogens (tertiary/aromatic N) is 3. The average molecular weight is 272 g/mol. The van der Waals surface area contributed by atoms with Crippen molar-refractivity contribution in [2.24, 2.45) is 11.8 Å². The second-order valence-electron chi connectivity index (χ2n) is 6.39. The van der Waals surface area contributed by atoms with E-state index in [0.29, 0.717) is 11.6 Å². The van der Waals surface area contributed by atoms with Gasteiger partial charge in [-0.15, -0.1) is 0 Å². The van der Waals surface area contributed by atoms with E-state index in [0.717, 1.165) is 30.7 Å². The molecule has 0 spiro atoms. The van der Waals surface area contributed by atoms with Gasteiger partial charge >= 0.3 is 6.03 Å². The van der Waals surface area contributed by atoms with Crippen molar-refractivity contribution in [3.8, 4) is 0 Å². The van der Waals surface area contributed by atoms with Crippen LogP contribution in [-0.2, 0) is 0 Å². The van der Waals surface area contributed by atoms with Gasteiger partial charge in [0.1, 0.15) is 5.82 Å². The van der Waals surface area contributed by atoms with Gasteiger partial charge in [-0.3, -0.25) is 0 Å². The summed E-state index contributed by atoms with van der Waals surface area (Å²) in [5.41, 5.74) is 0.705. The van der Waals surface area contributed by atoms with Gasteiger partial charge in [-0.2, -0.15) is 0 Å². The molecule has 2 aliphatic carbocycles. The summed E-state index contributed by atoms with van der Waals surface area (Å²) in [6, 6.07) is 0.00201. The van der Waals surface area contributed by atoms with Crippen molar-refractivity contribution < 1.29 is 4.79 Å². The van der Waals surface area contributed by atoms with Gasteiger partial charge in [0, 0.05) is 19.0 Å². The maximum absolute atomic E-state index is 12.2. The van der Waals surface area contributed by atoms with Gasteiger partial charge in [-0.25, -0.2) is 14.8 Å². The van der Waals surface area contributed by atoms with E-state index in [-0.39, 0.29) is 6.03 Å². The first-order valence-corrected chi connectivity index (χ1v) is 7.67. The van der Waals surface area contributed by atoms with E-state index in [1.54, 1.807) is 12.4 Å². The molecular weight excluding hydrogens is 252 g/mol. The van der Waals surface area contributed by atoms with Crippen molar-refractivity contribution in [1.29, 1.82) is 0 Å². The number of amides is 2. The summed E-state index contributed by atoms with van der Waals surface area (Å²) in [5.74, 6) is 2.93. The molecule has 5 heteroatoms. The highest BCUT2D eigenvalue weighted by Gasteiger charge is 2.38. The molecular formula is C15H20N4O. The first kappa shape index (κ1) is 12.1. The molecule has 4 rings (SSSR count). The Morgan fingerprint density at radius 2 is 1.75 bits per heavy atom. The van der Waals surface area contributed by atoms with Crippen LogP contribution < -0.4 is 5.32 Å². The van der Waals surface area contributed by atoms with Crippen LogP contribution in [-0.4, -0.2) is 34.0 Å². The second kappa shape index (κ2) is 4.72. The third kappa shape index (κ3) is 2.25. The molecule has 5 nitrogen and oxygen atoms in total. The molecule has 0 radical (unpaired) electrons. The number of aromatic nitrogens is 2. The zero-order valence-corrected chi connectivity index (χ0v) is 11.6. The third-order valence-corrected chi connectivity index (χ3v) is 4.88. The number of anilines is 1. The van der Waals surface area contributed by atoms with E-state index >= 15 is 0 Å². The van der Waals surface area contributed by atoms with Gasteiger partial charge in [0.2, 0.25) is 0 Å². The highest BCUT2D eigenvalue weighted by molar-refractivity contribution is 5.89. The van der Waals surface area contributed by atoms with Crippen molar-refractivity contribution in [2.75, 3.05) is 18.4 Å². The molecule has 2 heterocycles. The van der Waals surface area contributed by atoms with Gasteiger partial charge in [-0.05, 0) is 37.5 Å². The van der Waals surface area contributed by atoms with Crippen LogP contribution in [0.3, 0.4) is 0 Å². The Kier molecular flexibility index (Phi) is 2.86. The summed E-state index contributed by atoms with van der Waals surface area (Å²) >= 11 is 0. The number of carbonyl (C=O) groups is 1. The van der Waals surface area contributed by atoms with Crippen molar-refractivity contribution in [3.63, 3.8) is 0 Å². The van der Waals surface area contributed by atoms with Crippen LogP contribution in [0.5, 0.6) is 0 Å². The third-order valence-electron chi connectivity index (χ3n) is 4.88. The van der Waals surface area contributed by atoms with Crippen LogP contribution in [0.2, 0.25) is 0 Å². The largest absolute Gasteiger partial charge is 0.324 e. The number of hydrogen-bond acceptors (Lipinski definition) is 3. The molecule has 2 amide bonds. The van der Waals surface area contributed by atoms with Gasteiger partial charge in [0.25, 0.3) is 0 Å². The molecule has 2 unspecified atom stereocenters. The van der Waals surface area contributed by atoms with E-state index in [1.807, 2.05) is 4.90 Å². The van der Waals surface area contributed by atoms with Crippen molar-refractivity contribution in [1.82, 2.24) is 14.9 Å². The van der Waals surface area contributed by atoms with Crippen LogP contribution >= 0.6 is 0 Å². The summed E-state index contributed by atoms with van der Waals surface area (Å²) in [4.78, 5) is 22.9.